The molecule has 1 aromatic carbocycles. The standard InChI is InChI=1S/C7H5I3O/c8-7(9,10)5-3-1-2-4-6(5)11/h1-4,11H. The SMILES string of the molecule is Oc1ccccc1C(I)(I)I. The molecule has 1 rings (SSSR count). The van der Waals surface area contributed by atoms with Gasteiger partial charge in [0.05, 0.1) is 0 Å². The summed E-state index contributed by atoms with van der Waals surface area (Å²) in [5.41, 5.74) is 0.960. The van der Waals surface area contributed by atoms with Gasteiger partial charge in [-0.2, -0.15) is 0 Å². The third kappa shape index (κ3) is 2.87. The smallest absolute Gasteiger partial charge is 0.152 e. The highest BCUT2D eigenvalue weighted by atomic mass is 127. The number of phenols is 1. The maximum absolute atomic E-state index is 9.43. The van der Waals surface area contributed by atoms with Crippen molar-refractivity contribution < 1.29 is 5.11 Å². The van der Waals surface area contributed by atoms with E-state index in [0.717, 1.165) is 5.56 Å². The molecule has 0 aromatic heterocycles. The molecular formula is C7H5I3O. The van der Waals surface area contributed by atoms with Crippen molar-refractivity contribution in [1.82, 2.24) is 0 Å². The second kappa shape index (κ2) is 3.95. The van der Waals surface area contributed by atoms with E-state index < -0.39 is 0 Å². The third-order valence-electron chi connectivity index (χ3n) is 1.21. The lowest BCUT2D eigenvalue weighted by Crippen LogP contribution is -1.96. The predicted molar refractivity (Wildman–Crippen MR) is 71.8 cm³/mol. The number of rotatable bonds is 1. The minimum atomic E-state index is -0.0569. The first kappa shape index (κ1) is 10.3. The van der Waals surface area contributed by atoms with Gasteiger partial charge < -0.3 is 5.11 Å². The summed E-state index contributed by atoms with van der Waals surface area (Å²) in [5, 5.41) is 9.43. The van der Waals surface area contributed by atoms with Crippen molar-refractivity contribution >= 4 is 67.8 Å². The first-order valence-electron chi connectivity index (χ1n) is 2.87. The Morgan fingerprint density at radius 1 is 1.09 bits per heavy atom. The highest BCUT2D eigenvalue weighted by Crippen LogP contribution is 2.48. The molecule has 0 heterocycles. The summed E-state index contributed by atoms with van der Waals surface area (Å²) < 4.78 is -0.0569. The van der Waals surface area contributed by atoms with E-state index in [1.54, 1.807) is 6.07 Å². The minimum absolute atomic E-state index is 0.0569. The molecule has 1 aromatic rings. The van der Waals surface area contributed by atoms with Crippen LogP contribution in [0.1, 0.15) is 5.56 Å². The van der Waals surface area contributed by atoms with Crippen LogP contribution in [0.15, 0.2) is 24.3 Å². The predicted octanol–water partition coefficient (Wildman–Crippen LogP) is 3.81. The fourth-order valence-electron chi connectivity index (χ4n) is 0.713. The maximum atomic E-state index is 9.43. The Kier molecular flexibility index (Phi) is 3.69. The van der Waals surface area contributed by atoms with E-state index in [-0.39, 0.29) is -0.565 Å². The van der Waals surface area contributed by atoms with E-state index in [1.807, 2.05) is 18.2 Å². The third-order valence-corrected chi connectivity index (χ3v) is 2.95. The summed E-state index contributed by atoms with van der Waals surface area (Å²) in [5.74, 6) is 0.366. The van der Waals surface area contributed by atoms with Crippen molar-refractivity contribution in [3.05, 3.63) is 29.8 Å². The zero-order chi connectivity index (χ0) is 8.48. The number of aromatic hydroxyl groups is 1. The number of alkyl halides is 3. The molecule has 0 aliphatic rings. The van der Waals surface area contributed by atoms with Crippen LogP contribution >= 0.6 is 67.8 Å². The molecular weight excluding hydrogens is 481 g/mol. The molecule has 0 radical (unpaired) electrons. The lowest BCUT2D eigenvalue weighted by atomic mass is 10.2. The van der Waals surface area contributed by atoms with Crippen LogP contribution in [0.2, 0.25) is 0 Å². The molecule has 11 heavy (non-hydrogen) atoms. The average molecular weight is 486 g/mol. The van der Waals surface area contributed by atoms with E-state index in [0.29, 0.717) is 5.75 Å². The van der Waals surface area contributed by atoms with Gasteiger partial charge in [-0.3, -0.25) is 0 Å². The van der Waals surface area contributed by atoms with Crippen LogP contribution in [0.4, 0.5) is 0 Å². The van der Waals surface area contributed by atoms with Crippen molar-refractivity contribution in [3.63, 3.8) is 0 Å². The first-order valence-corrected chi connectivity index (χ1v) is 6.10. The number of para-hydroxylation sites is 1. The average Bonchev–Trinajstić information content (AvgIpc) is 1.86. The van der Waals surface area contributed by atoms with E-state index in [1.165, 1.54) is 0 Å². The number of phenolic OH excluding ortho intramolecular Hbond substituents is 1. The molecule has 4 heteroatoms. The van der Waals surface area contributed by atoms with Gasteiger partial charge >= 0.3 is 0 Å². The van der Waals surface area contributed by atoms with Gasteiger partial charge in [0.2, 0.25) is 0 Å². The molecule has 0 bridgehead atoms. The first-order chi connectivity index (χ1) is 5.02. The molecule has 0 fully saturated rings. The Hall–Kier alpha value is 1.21. The fourth-order valence-corrected chi connectivity index (χ4v) is 2.08. The molecule has 0 saturated carbocycles. The van der Waals surface area contributed by atoms with Crippen molar-refractivity contribution in [2.24, 2.45) is 0 Å². The quantitative estimate of drug-likeness (QED) is 0.474. The highest BCUT2D eigenvalue weighted by molar-refractivity contribution is 14.3. The van der Waals surface area contributed by atoms with Gasteiger partial charge in [0.25, 0.3) is 0 Å². The van der Waals surface area contributed by atoms with Gasteiger partial charge in [-0.15, -0.1) is 0 Å². The summed E-state index contributed by atoms with van der Waals surface area (Å²) in [6.07, 6.45) is 0. The van der Waals surface area contributed by atoms with Gasteiger partial charge in [0, 0.05) is 5.56 Å². The molecule has 60 valence electrons. The highest BCUT2D eigenvalue weighted by Gasteiger charge is 2.23. The topological polar surface area (TPSA) is 20.2 Å². The Morgan fingerprint density at radius 3 is 2.00 bits per heavy atom. The van der Waals surface area contributed by atoms with Crippen LogP contribution in [0.5, 0.6) is 5.75 Å². The van der Waals surface area contributed by atoms with Gasteiger partial charge in [0.15, 0.2) is -0.565 Å². The van der Waals surface area contributed by atoms with E-state index in [4.69, 9.17) is 0 Å². The van der Waals surface area contributed by atoms with E-state index >= 15 is 0 Å². The Labute approximate surface area is 106 Å². The van der Waals surface area contributed by atoms with Crippen molar-refractivity contribution in [1.29, 1.82) is 0 Å². The molecule has 0 spiro atoms. The number of hydrogen-bond donors (Lipinski definition) is 1. The Bertz CT molecular complexity index is 254. The second-order valence-corrected chi connectivity index (χ2v) is 13.1. The molecule has 1 nitrogen and oxygen atoms in total. The van der Waals surface area contributed by atoms with Crippen LogP contribution in [-0.4, -0.2) is 5.11 Å². The molecule has 0 aliphatic heterocycles. The Morgan fingerprint density at radius 2 is 1.64 bits per heavy atom. The zero-order valence-electron chi connectivity index (χ0n) is 5.39. The normalized spacial score (nSPS) is 11.5. The molecule has 0 atom stereocenters. The lowest BCUT2D eigenvalue weighted by molar-refractivity contribution is 0.471. The van der Waals surface area contributed by atoms with Crippen molar-refractivity contribution in [3.8, 4) is 5.75 Å². The Balaban J connectivity index is 3.14. The fraction of sp³-hybridized carbons (Fsp3) is 0.143. The summed E-state index contributed by atoms with van der Waals surface area (Å²) in [6, 6.07) is 7.40. The second-order valence-electron chi connectivity index (χ2n) is 2.01. The maximum Gasteiger partial charge on any atom is 0.152 e. The molecule has 0 aliphatic carbocycles. The summed E-state index contributed by atoms with van der Waals surface area (Å²) >= 11 is 6.84. The summed E-state index contributed by atoms with van der Waals surface area (Å²) in [4.78, 5) is 0. The summed E-state index contributed by atoms with van der Waals surface area (Å²) in [6.45, 7) is 0. The molecule has 1 N–H and O–H groups in total. The van der Waals surface area contributed by atoms with Crippen LogP contribution in [0.25, 0.3) is 0 Å². The minimum Gasteiger partial charge on any atom is -0.508 e. The van der Waals surface area contributed by atoms with Crippen LogP contribution < -0.4 is 0 Å². The number of benzene rings is 1. The monoisotopic (exact) mass is 486 g/mol. The van der Waals surface area contributed by atoms with Crippen LogP contribution in [0, 0.1) is 0 Å². The van der Waals surface area contributed by atoms with Crippen molar-refractivity contribution in [2.45, 2.75) is -0.565 Å². The summed E-state index contributed by atoms with van der Waals surface area (Å²) in [7, 11) is 0. The molecule has 0 unspecified atom stereocenters. The lowest BCUT2D eigenvalue weighted by Gasteiger charge is -2.13. The van der Waals surface area contributed by atoms with Gasteiger partial charge in [0.1, 0.15) is 5.75 Å². The van der Waals surface area contributed by atoms with E-state index in [2.05, 4.69) is 67.8 Å². The van der Waals surface area contributed by atoms with Crippen LogP contribution in [-0.2, 0) is -0.565 Å². The molecule has 0 saturated heterocycles. The van der Waals surface area contributed by atoms with Crippen LogP contribution in [0.3, 0.4) is 0 Å². The number of hydrogen-bond acceptors (Lipinski definition) is 1. The zero-order valence-corrected chi connectivity index (χ0v) is 11.9. The van der Waals surface area contributed by atoms with Gasteiger partial charge in [-0.25, -0.2) is 0 Å². The largest absolute Gasteiger partial charge is 0.508 e. The molecule has 0 amide bonds. The van der Waals surface area contributed by atoms with Gasteiger partial charge in [-0.05, 0) is 73.8 Å². The van der Waals surface area contributed by atoms with Crippen molar-refractivity contribution in [2.75, 3.05) is 0 Å². The number of halogens is 3. The van der Waals surface area contributed by atoms with E-state index in [9.17, 15) is 5.11 Å². The van der Waals surface area contributed by atoms with Gasteiger partial charge in [-0.1, -0.05) is 18.2 Å².